The van der Waals surface area contributed by atoms with E-state index in [9.17, 15) is 0 Å². The van der Waals surface area contributed by atoms with Crippen LogP contribution in [0.1, 0.15) is 184 Å². The Hall–Kier alpha value is -6.56. The molecule has 6 aliphatic rings. The molecule has 0 amide bonds. The Bertz CT molecular complexity index is 4220. The number of nitrogens with zero attached hydrogens (tertiary/aromatic N) is 3. The third-order valence-electron chi connectivity index (χ3n) is 22.2. The summed E-state index contributed by atoms with van der Waals surface area (Å²) in [6, 6.07) is 56.6. The van der Waals surface area contributed by atoms with Crippen LogP contribution in [0.25, 0.3) is 20.2 Å². The van der Waals surface area contributed by atoms with Gasteiger partial charge in [0.2, 0.25) is 0 Å². The van der Waals surface area contributed by atoms with Crippen LogP contribution in [0.15, 0.2) is 140 Å². The molecule has 2 atom stereocenters. The van der Waals surface area contributed by atoms with E-state index in [2.05, 4.69) is 258 Å². The lowest BCUT2D eigenvalue weighted by atomic mass is 9.33. The van der Waals surface area contributed by atoms with Crippen LogP contribution in [0.4, 0.5) is 45.5 Å². The van der Waals surface area contributed by atoms with Crippen molar-refractivity contribution in [3.8, 4) is 0 Å². The summed E-state index contributed by atoms with van der Waals surface area (Å²) in [6.07, 6.45) is 7.20. The summed E-state index contributed by atoms with van der Waals surface area (Å²) in [7, 11) is 0. The Balaban J connectivity index is 1.04. The molecule has 9 aromatic rings. The van der Waals surface area contributed by atoms with Gasteiger partial charge in [0, 0.05) is 81.9 Å². The van der Waals surface area contributed by atoms with Crippen molar-refractivity contribution in [2.24, 2.45) is 0 Å². The molecule has 1 fully saturated rings. The molecule has 15 rings (SSSR count). The van der Waals surface area contributed by atoms with Crippen LogP contribution < -0.4 is 31.1 Å². The molecule has 3 aliphatic heterocycles. The minimum Gasteiger partial charge on any atom is -0.334 e. The predicted molar refractivity (Wildman–Crippen MR) is 350 cm³/mol. The Kier molecular flexibility index (Phi) is 10.5. The number of rotatable bonds is 3. The molecule has 4 heterocycles. The Morgan fingerprint density at radius 3 is 1.77 bits per heavy atom. The monoisotopic (exact) mass is 1080 g/mol. The Morgan fingerprint density at radius 1 is 0.444 bits per heavy atom. The van der Waals surface area contributed by atoms with Crippen LogP contribution in [-0.4, -0.2) is 12.3 Å². The molecule has 81 heavy (non-hydrogen) atoms. The number of aryl methyl sites for hydroxylation is 2. The van der Waals surface area contributed by atoms with Gasteiger partial charge in [-0.25, -0.2) is 0 Å². The zero-order chi connectivity index (χ0) is 56.5. The summed E-state index contributed by atoms with van der Waals surface area (Å²) in [4.78, 5) is 8.26. The highest BCUT2D eigenvalue weighted by Crippen LogP contribution is 2.62. The number of thiophene rings is 1. The molecule has 3 nitrogen and oxygen atoms in total. The van der Waals surface area contributed by atoms with Crippen molar-refractivity contribution in [3.63, 3.8) is 0 Å². The molecule has 8 aromatic carbocycles. The molecule has 2 unspecified atom stereocenters. The van der Waals surface area contributed by atoms with Gasteiger partial charge >= 0.3 is 0 Å². The zero-order valence-electron chi connectivity index (χ0n) is 50.8. The van der Waals surface area contributed by atoms with Gasteiger partial charge in [0.1, 0.15) is 0 Å². The fourth-order valence-corrected chi connectivity index (χ4v) is 18.2. The lowest BCUT2D eigenvalue weighted by Crippen LogP contribution is -2.62. The number of hydrogen-bond acceptors (Lipinski definition) is 4. The van der Waals surface area contributed by atoms with Gasteiger partial charge in [0.05, 0.1) is 5.54 Å². The second-order valence-electron chi connectivity index (χ2n) is 29.7. The molecular formula is C76H80BN3S. The van der Waals surface area contributed by atoms with Crippen LogP contribution >= 0.6 is 11.3 Å². The van der Waals surface area contributed by atoms with Crippen molar-refractivity contribution in [2.45, 2.75) is 180 Å². The third kappa shape index (κ3) is 6.88. The van der Waals surface area contributed by atoms with Gasteiger partial charge in [-0.2, -0.15) is 0 Å². The number of anilines is 8. The van der Waals surface area contributed by atoms with Crippen LogP contribution in [0, 0.1) is 13.8 Å². The number of benzene rings is 8. The summed E-state index contributed by atoms with van der Waals surface area (Å²) in [6.45, 7) is 36.9. The Labute approximate surface area is 487 Å². The molecule has 0 spiro atoms. The number of fused-ring (bicyclic) bond motifs is 13. The van der Waals surface area contributed by atoms with Crippen molar-refractivity contribution in [1.29, 1.82) is 0 Å². The maximum atomic E-state index is 2.82. The first kappa shape index (κ1) is 51.3. The van der Waals surface area contributed by atoms with Gasteiger partial charge in [0.15, 0.2) is 0 Å². The van der Waals surface area contributed by atoms with Gasteiger partial charge in [-0.3, -0.25) is 0 Å². The fourth-order valence-electron chi connectivity index (χ4n) is 17.1. The van der Waals surface area contributed by atoms with Gasteiger partial charge < -0.3 is 14.7 Å². The van der Waals surface area contributed by atoms with Crippen LogP contribution in [0.5, 0.6) is 0 Å². The van der Waals surface area contributed by atoms with Crippen molar-refractivity contribution in [2.75, 3.05) is 14.7 Å². The average molecular weight is 1080 g/mol. The standard InChI is InChI=1S/C76H80BN3S/c1-45-36-65-69-66(37-45)79(62-43-55-54(38-46(62)2)71(6,7)34-35-72(55,8)9)64-44-57-56(73(10,11)52-23-17-18-24-53(52)74(57,12)13)42-60(64)77(69)59-29-27-49(41-63(59)78(65)48-28-31-68-51(40-48)50-22-16-19-25-67(50)81-68)80-61-30-26-47(70(3,4)5)39-58(61)75(14)32-20-21-33-76(75,80)15/h16-19,22-31,36-44H,20-21,32-35H2,1-15H3. The van der Waals surface area contributed by atoms with E-state index in [-0.39, 0.29) is 44.7 Å². The first-order valence-electron chi connectivity index (χ1n) is 30.5. The van der Waals surface area contributed by atoms with E-state index in [0.717, 1.165) is 6.42 Å². The zero-order valence-corrected chi connectivity index (χ0v) is 51.7. The van der Waals surface area contributed by atoms with E-state index in [0.29, 0.717) is 0 Å². The average Bonchev–Trinajstić information content (AvgIpc) is 4.16. The lowest BCUT2D eigenvalue weighted by Gasteiger charge is -2.51. The SMILES string of the molecule is Cc1cc2c3c(c1)N(c1cc4c(cc1C)C(C)(C)CCC4(C)C)c1cc4c(cc1B3c1ccc(N3c5ccc(C(C)(C)C)cc5C5(C)CCCCC35C)cc1N2c1ccc2sc3ccccc3c2c1)C(C)(C)c1ccccc1C4(C)C. The summed E-state index contributed by atoms with van der Waals surface area (Å²) in [5.74, 6) is 0. The molecule has 0 saturated heterocycles. The van der Waals surface area contributed by atoms with Gasteiger partial charge in [-0.1, -0.05) is 169 Å². The van der Waals surface area contributed by atoms with Crippen LogP contribution in [0.2, 0.25) is 0 Å². The highest BCUT2D eigenvalue weighted by atomic mass is 32.1. The molecule has 3 aliphatic carbocycles. The van der Waals surface area contributed by atoms with E-state index in [1.165, 1.54) is 170 Å². The van der Waals surface area contributed by atoms with Crippen molar-refractivity contribution in [3.05, 3.63) is 195 Å². The molecule has 0 bridgehead atoms. The maximum Gasteiger partial charge on any atom is 0.252 e. The van der Waals surface area contributed by atoms with E-state index in [1.807, 2.05) is 11.3 Å². The lowest BCUT2D eigenvalue weighted by molar-refractivity contribution is 0.195. The molecular weight excluding hydrogens is 998 g/mol. The second kappa shape index (κ2) is 16.6. The minimum absolute atomic E-state index is 0.00489. The van der Waals surface area contributed by atoms with E-state index in [4.69, 9.17) is 0 Å². The van der Waals surface area contributed by atoms with E-state index < -0.39 is 0 Å². The summed E-state index contributed by atoms with van der Waals surface area (Å²) < 4.78 is 2.66. The number of hydrogen-bond donors (Lipinski definition) is 0. The highest BCUT2D eigenvalue weighted by molar-refractivity contribution is 7.25. The topological polar surface area (TPSA) is 9.72 Å². The van der Waals surface area contributed by atoms with E-state index >= 15 is 0 Å². The largest absolute Gasteiger partial charge is 0.334 e. The van der Waals surface area contributed by atoms with Crippen LogP contribution in [-0.2, 0) is 32.5 Å². The van der Waals surface area contributed by atoms with Crippen LogP contribution in [0.3, 0.4) is 0 Å². The maximum absolute atomic E-state index is 2.82. The smallest absolute Gasteiger partial charge is 0.252 e. The van der Waals surface area contributed by atoms with Gasteiger partial charge in [-0.05, 0) is 201 Å². The van der Waals surface area contributed by atoms with Crippen molar-refractivity contribution < 1.29 is 0 Å². The van der Waals surface area contributed by atoms with Crippen molar-refractivity contribution >= 4 is 100 Å². The first-order chi connectivity index (χ1) is 38.3. The highest BCUT2D eigenvalue weighted by Gasteiger charge is 2.58. The Morgan fingerprint density at radius 2 is 1.05 bits per heavy atom. The summed E-state index contributed by atoms with van der Waals surface area (Å²) >= 11 is 1.91. The molecule has 5 heteroatoms. The quantitative estimate of drug-likeness (QED) is 0.163. The molecule has 1 aromatic heterocycles. The van der Waals surface area contributed by atoms with Gasteiger partial charge in [-0.15, -0.1) is 11.3 Å². The van der Waals surface area contributed by atoms with Gasteiger partial charge in [0.25, 0.3) is 6.71 Å². The third-order valence-corrected chi connectivity index (χ3v) is 23.4. The minimum atomic E-state index is -0.223. The fraction of sp³-hybridized carbons (Fsp3) is 0.368. The predicted octanol–water partition coefficient (Wildman–Crippen LogP) is 19.1. The molecule has 0 radical (unpaired) electrons. The first-order valence-corrected chi connectivity index (χ1v) is 31.4. The normalized spacial score (nSPS) is 22.1. The molecule has 0 N–H and O–H groups in total. The summed E-state index contributed by atoms with van der Waals surface area (Å²) in [5.41, 5.74) is 28.4. The van der Waals surface area contributed by atoms with Crippen molar-refractivity contribution in [1.82, 2.24) is 0 Å². The molecule has 408 valence electrons. The second-order valence-corrected chi connectivity index (χ2v) is 30.8. The molecule has 1 saturated carbocycles. The van der Waals surface area contributed by atoms with E-state index in [1.54, 1.807) is 0 Å². The summed E-state index contributed by atoms with van der Waals surface area (Å²) in [5, 5.41) is 2.65.